The molecule has 1 rings (SSSR count). The summed E-state index contributed by atoms with van der Waals surface area (Å²) in [6, 6.07) is 5.60. The van der Waals surface area contributed by atoms with Crippen LogP contribution in [-0.4, -0.2) is 23.1 Å². The summed E-state index contributed by atoms with van der Waals surface area (Å²) >= 11 is 1.46. The molecule has 0 heterocycles. The first-order valence-electron chi connectivity index (χ1n) is 4.12. The van der Waals surface area contributed by atoms with E-state index in [0.29, 0.717) is 11.3 Å². The summed E-state index contributed by atoms with van der Waals surface area (Å²) in [7, 11) is 0. The first kappa shape index (κ1) is 11.0. The van der Waals surface area contributed by atoms with E-state index in [2.05, 4.69) is 0 Å². The minimum absolute atomic E-state index is 0.345. The van der Waals surface area contributed by atoms with Crippen molar-refractivity contribution >= 4 is 17.7 Å². The van der Waals surface area contributed by atoms with Gasteiger partial charge >= 0.3 is 5.97 Å². The van der Waals surface area contributed by atoms with Crippen molar-refractivity contribution in [2.24, 2.45) is 0 Å². The number of carboxylic acid groups (broad SMARTS) is 1. The Balaban J connectivity index is 2.87. The highest BCUT2D eigenvalue weighted by Gasteiger charge is 2.18. The van der Waals surface area contributed by atoms with Gasteiger partial charge in [0.2, 0.25) is 0 Å². The number of hydrogen-bond acceptors (Lipinski definition) is 2. The predicted octanol–water partition coefficient (Wildman–Crippen LogP) is 2.36. The van der Waals surface area contributed by atoms with E-state index in [1.165, 1.54) is 36.0 Å². The van der Waals surface area contributed by atoms with E-state index in [1.807, 2.05) is 6.26 Å². The molecule has 0 aromatic heterocycles. The zero-order valence-electron chi connectivity index (χ0n) is 7.74. The maximum absolute atomic E-state index is 12.6. The van der Waals surface area contributed by atoms with E-state index >= 15 is 0 Å². The standard InChI is InChI=1S/C10H11FO2S/c1-14-6-9(10(12)13)7-2-4-8(11)5-3-7/h2-5,9H,6H2,1H3,(H,12,13). The Morgan fingerprint density at radius 1 is 1.50 bits per heavy atom. The van der Waals surface area contributed by atoms with E-state index in [1.54, 1.807) is 0 Å². The molecule has 4 heteroatoms. The fourth-order valence-corrected chi connectivity index (χ4v) is 1.84. The van der Waals surface area contributed by atoms with Gasteiger partial charge in [0, 0.05) is 5.75 Å². The van der Waals surface area contributed by atoms with Crippen molar-refractivity contribution in [3.05, 3.63) is 35.6 Å². The summed E-state index contributed by atoms with van der Waals surface area (Å²) in [5, 5.41) is 8.92. The molecule has 1 N–H and O–H groups in total. The number of carbonyl (C=O) groups is 1. The molecule has 14 heavy (non-hydrogen) atoms. The SMILES string of the molecule is CSCC(C(=O)O)c1ccc(F)cc1. The van der Waals surface area contributed by atoms with E-state index in [4.69, 9.17) is 5.11 Å². The van der Waals surface area contributed by atoms with E-state index in [0.717, 1.165) is 0 Å². The van der Waals surface area contributed by atoms with Gasteiger partial charge < -0.3 is 5.11 Å². The van der Waals surface area contributed by atoms with Gasteiger partial charge in [0.15, 0.2) is 0 Å². The molecule has 0 fully saturated rings. The highest BCUT2D eigenvalue weighted by molar-refractivity contribution is 7.98. The second-order valence-corrected chi connectivity index (χ2v) is 3.81. The van der Waals surface area contributed by atoms with Crippen molar-refractivity contribution < 1.29 is 14.3 Å². The Kier molecular flexibility index (Phi) is 3.95. The molecule has 0 radical (unpaired) electrons. The maximum Gasteiger partial charge on any atom is 0.311 e. The lowest BCUT2D eigenvalue weighted by Crippen LogP contribution is -2.13. The molecule has 1 aromatic rings. The van der Waals surface area contributed by atoms with Crippen LogP contribution in [0.3, 0.4) is 0 Å². The Bertz CT molecular complexity index is 310. The Hall–Kier alpha value is -1.03. The molecule has 0 amide bonds. The Morgan fingerprint density at radius 2 is 2.07 bits per heavy atom. The van der Waals surface area contributed by atoms with Crippen molar-refractivity contribution in [2.45, 2.75) is 5.92 Å². The Labute approximate surface area is 86.1 Å². The number of benzene rings is 1. The van der Waals surface area contributed by atoms with Gasteiger partial charge in [-0.25, -0.2) is 4.39 Å². The molecule has 0 aliphatic carbocycles. The molecule has 0 bridgehead atoms. The number of aliphatic carboxylic acids is 1. The van der Waals surface area contributed by atoms with Crippen molar-refractivity contribution in [3.63, 3.8) is 0 Å². The lowest BCUT2D eigenvalue weighted by molar-refractivity contribution is -0.138. The molecule has 0 saturated carbocycles. The minimum Gasteiger partial charge on any atom is -0.481 e. The van der Waals surface area contributed by atoms with Crippen LogP contribution in [0.5, 0.6) is 0 Å². The summed E-state index contributed by atoms with van der Waals surface area (Å²) in [6.07, 6.45) is 1.85. The molecule has 1 aromatic carbocycles. The highest BCUT2D eigenvalue weighted by Crippen LogP contribution is 2.20. The largest absolute Gasteiger partial charge is 0.481 e. The first-order chi connectivity index (χ1) is 6.65. The fourth-order valence-electron chi connectivity index (χ4n) is 1.17. The van der Waals surface area contributed by atoms with E-state index < -0.39 is 11.9 Å². The summed E-state index contributed by atoms with van der Waals surface area (Å²) in [5.41, 5.74) is 0.647. The third-order valence-electron chi connectivity index (χ3n) is 1.90. The fraction of sp³-hybridized carbons (Fsp3) is 0.300. The summed E-state index contributed by atoms with van der Waals surface area (Å²) < 4.78 is 12.6. The maximum atomic E-state index is 12.6. The van der Waals surface area contributed by atoms with Crippen molar-refractivity contribution in [1.82, 2.24) is 0 Å². The average molecular weight is 214 g/mol. The first-order valence-corrected chi connectivity index (χ1v) is 5.51. The Morgan fingerprint density at radius 3 is 2.50 bits per heavy atom. The van der Waals surface area contributed by atoms with Gasteiger partial charge in [0.25, 0.3) is 0 Å². The van der Waals surface area contributed by atoms with Gasteiger partial charge in [-0.1, -0.05) is 12.1 Å². The lowest BCUT2D eigenvalue weighted by atomic mass is 10.0. The highest BCUT2D eigenvalue weighted by atomic mass is 32.2. The lowest BCUT2D eigenvalue weighted by Gasteiger charge is -2.10. The third kappa shape index (κ3) is 2.73. The van der Waals surface area contributed by atoms with Crippen LogP contribution in [0.2, 0.25) is 0 Å². The summed E-state index contributed by atoms with van der Waals surface area (Å²) in [5.74, 6) is -1.26. The zero-order chi connectivity index (χ0) is 10.6. The number of carboxylic acids is 1. The normalized spacial score (nSPS) is 12.4. The average Bonchev–Trinajstić information content (AvgIpc) is 2.15. The third-order valence-corrected chi connectivity index (χ3v) is 2.57. The molecule has 0 aliphatic rings. The van der Waals surface area contributed by atoms with Crippen LogP contribution in [0.15, 0.2) is 24.3 Å². The molecular formula is C10H11FO2S. The summed E-state index contributed by atoms with van der Waals surface area (Å²) in [4.78, 5) is 10.9. The van der Waals surface area contributed by atoms with Crippen molar-refractivity contribution in [1.29, 1.82) is 0 Å². The zero-order valence-corrected chi connectivity index (χ0v) is 8.55. The molecule has 0 aliphatic heterocycles. The van der Waals surface area contributed by atoms with Crippen LogP contribution in [0.4, 0.5) is 4.39 Å². The molecule has 1 atom stereocenters. The molecule has 2 nitrogen and oxygen atoms in total. The minimum atomic E-state index is -0.869. The topological polar surface area (TPSA) is 37.3 Å². The molecular weight excluding hydrogens is 203 g/mol. The number of thioether (sulfide) groups is 1. The van der Waals surface area contributed by atoms with Crippen LogP contribution < -0.4 is 0 Å². The van der Waals surface area contributed by atoms with Gasteiger partial charge in [0.1, 0.15) is 5.82 Å². The molecule has 76 valence electrons. The quantitative estimate of drug-likeness (QED) is 0.836. The van der Waals surface area contributed by atoms with Gasteiger partial charge in [-0.05, 0) is 24.0 Å². The van der Waals surface area contributed by atoms with Crippen LogP contribution in [0.1, 0.15) is 11.5 Å². The van der Waals surface area contributed by atoms with Gasteiger partial charge in [0.05, 0.1) is 5.92 Å². The van der Waals surface area contributed by atoms with Crippen LogP contribution in [0, 0.1) is 5.82 Å². The van der Waals surface area contributed by atoms with Gasteiger partial charge in [-0.2, -0.15) is 11.8 Å². The monoisotopic (exact) mass is 214 g/mol. The number of halogens is 1. The smallest absolute Gasteiger partial charge is 0.311 e. The van der Waals surface area contributed by atoms with Crippen LogP contribution >= 0.6 is 11.8 Å². The van der Waals surface area contributed by atoms with Crippen molar-refractivity contribution in [2.75, 3.05) is 12.0 Å². The van der Waals surface area contributed by atoms with E-state index in [-0.39, 0.29) is 5.82 Å². The molecule has 0 spiro atoms. The predicted molar refractivity (Wildman–Crippen MR) is 55.2 cm³/mol. The van der Waals surface area contributed by atoms with Gasteiger partial charge in [-0.3, -0.25) is 4.79 Å². The number of hydrogen-bond donors (Lipinski definition) is 1. The second kappa shape index (κ2) is 5.00. The van der Waals surface area contributed by atoms with Crippen molar-refractivity contribution in [3.8, 4) is 0 Å². The molecule has 0 saturated heterocycles. The summed E-state index contributed by atoms with van der Waals surface area (Å²) in [6.45, 7) is 0. The second-order valence-electron chi connectivity index (χ2n) is 2.90. The van der Waals surface area contributed by atoms with Crippen LogP contribution in [-0.2, 0) is 4.79 Å². The van der Waals surface area contributed by atoms with E-state index in [9.17, 15) is 9.18 Å². The molecule has 1 unspecified atom stereocenters. The van der Waals surface area contributed by atoms with Crippen LogP contribution in [0.25, 0.3) is 0 Å². The van der Waals surface area contributed by atoms with Gasteiger partial charge in [-0.15, -0.1) is 0 Å². The number of rotatable bonds is 4.